The molecule has 22 heavy (non-hydrogen) atoms. The van der Waals surface area contributed by atoms with Gasteiger partial charge in [-0.2, -0.15) is 0 Å². The van der Waals surface area contributed by atoms with Gasteiger partial charge in [0.15, 0.2) is 0 Å². The molecule has 2 rings (SSSR count). The molecule has 0 N–H and O–H groups in total. The van der Waals surface area contributed by atoms with Crippen molar-refractivity contribution in [2.45, 2.75) is 84.2 Å². The van der Waals surface area contributed by atoms with Gasteiger partial charge in [-0.25, -0.2) is 0 Å². The largest absolute Gasteiger partial charge is 0.375 e. The Morgan fingerprint density at radius 2 is 1.68 bits per heavy atom. The molecule has 0 aromatic rings. The standard InChI is InChI=1S/C18H33NO3/c1-13(2)18(20)7-10-19-8-5-15(6-9-19)22-17-11-16(12-17)21-14(3)4/h13-17H,5-12H2,1-4H3. The fraction of sp³-hybridized carbons (Fsp3) is 0.944. The lowest BCUT2D eigenvalue weighted by molar-refractivity contribution is -0.146. The monoisotopic (exact) mass is 311 g/mol. The van der Waals surface area contributed by atoms with Crippen LogP contribution in [0.4, 0.5) is 0 Å². The van der Waals surface area contributed by atoms with Crippen LogP contribution in [-0.2, 0) is 14.3 Å². The van der Waals surface area contributed by atoms with Gasteiger partial charge in [0.05, 0.1) is 24.4 Å². The van der Waals surface area contributed by atoms with Gasteiger partial charge in [0.2, 0.25) is 0 Å². The summed E-state index contributed by atoms with van der Waals surface area (Å²) in [6.45, 7) is 11.2. The molecule has 1 heterocycles. The molecule has 0 atom stereocenters. The Morgan fingerprint density at radius 1 is 1.05 bits per heavy atom. The number of ether oxygens (including phenoxy) is 2. The van der Waals surface area contributed by atoms with Gasteiger partial charge >= 0.3 is 0 Å². The molecule has 4 nitrogen and oxygen atoms in total. The van der Waals surface area contributed by atoms with Gasteiger partial charge in [-0.1, -0.05) is 13.8 Å². The molecular formula is C18H33NO3. The second-order valence-electron chi connectivity index (χ2n) is 7.45. The van der Waals surface area contributed by atoms with Crippen molar-refractivity contribution in [2.24, 2.45) is 5.92 Å². The first-order chi connectivity index (χ1) is 10.4. The van der Waals surface area contributed by atoms with Crippen molar-refractivity contribution in [1.29, 1.82) is 0 Å². The average molecular weight is 311 g/mol. The lowest BCUT2D eigenvalue weighted by atomic mass is 9.91. The molecule has 2 fully saturated rings. The predicted octanol–water partition coefficient (Wildman–Crippen LogP) is 3.04. The van der Waals surface area contributed by atoms with Crippen LogP contribution >= 0.6 is 0 Å². The van der Waals surface area contributed by atoms with Crippen molar-refractivity contribution in [3.8, 4) is 0 Å². The van der Waals surface area contributed by atoms with Gasteiger partial charge in [-0.15, -0.1) is 0 Å². The highest BCUT2D eigenvalue weighted by atomic mass is 16.5. The summed E-state index contributed by atoms with van der Waals surface area (Å²) in [5.74, 6) is 0.546. The lowest BCUT2D eigenvalue weighted by Gasteiger charge is -2.40. The molecule has 4 heteroatoms. The Balaban J connectivity index is 1.55. The van der Waals surface area contributed by atoms with Crippen molar-refractivity contribution in [3.63, 3.8) is 0 Å². The van der Waals surface area contributed by atoms with E-state index in [4.69, 9.17) is 9.47 Å². The van der Waals surface area contributed by atoms with Crippen LogP contribution in [0.1, 0.15) is 59.8 Å². The maximum absolute atomic E-state index is 11.7. The van der Waals surface area contributed by atoms with E-state index in [0.717, 1.165) is 45.3 Å². The molecule has 128 valence electrons. The number of hydrogen-bond acceptors (Lipinski definition) is 4. The first-order valence-corrected chi connectivity index (χ1v) is 9.00. The fourth-order valence-electron chi connectivity index (χ4n) is 3.22. The van der Waals surface area contributed by atoms with E-state index in [-0.39, 0.29) is 5.92 Å². The summed E-state index contributed by atoms with van der Waals surface area (Å²) >= 11 is 0. The number of ketones is 1. The third-order valence-electron chi connectivity index (χ3n) is 4.75. The SMILES string of the molecule is CC(C)OC1CC(OC2CCN(CCC(=O)C(C)C)CC2)C1. The summed E-state index contributed by atoms with van der Waals surface area (Å²) in [7, 11) is 0. The molecule has 1 saturated heterocycles. The number of carbonyl (C=O) groups is 1. The van der Waals surface area contributed by atoms with Gasteiger partial charge in [-0.3, -0.25) is 4.79 Å². The molecule has 0 radical (unpaired) electrons. The van der Waals surface area contributed by atoms with Crippen LogP contribution in [0.5, 0.6) is 0 Å². The van der Waals surface area contributed by atoms with E-state index in [0.29, 0.717) is 36.6 Å². The molecule has 1 aliphatic heterocycles. The van der Waals surface area contributed by atoms with E-state index >= 15 is 0 Å². The first kappa shape index (κ1) is 17.9. The van der Waals surface area contributed by atoms with Crippen molar-refractivity contribution in [2.75, 3.05) is 19.6 Å². The number of carbonyl (C=O) groups excluding carboxylic acids is 1. The van der Waals surface area contributed by atoms with Crippen LogP contribution in [0, 0.1) is 5.92 Å². The molecule has 0 unspecified atom stereocenters. The van der Waals surface area contributed by atoms with Crippen LogP contribution in [0.25, 0.3) is 0 Å². The normalized spacial score (nSPS) is 27.4. The quantitative estimate of drug-likeness (QED) is 0.690. The fourth-order valence-corrected chi connectivity index (χ4v) is 3.22. The predicted molar refractivity (Wildman–Crippen MR) is 88.0 cm³/mol. The maximum Gasteiger partial charge on any atom is 0.136 e. The van der Waals surface area contributed by atoms with Gasteiger partial charge in [0, 0.05) is 32.0 Å². The summed E-state index contributed by atoms with van der Waals surface area (Å²) in [5.41, 5.74) is 0. The van der Waals surface area contributed by atoms with Crippen LogP contribution in [-0.4, -0.2) is 54.7 Å². The summed E-state index contributed by atoms with van der Waals surface area (Å²) in [6, 6.07) is 0. The second kappa shape index (κ2) is 8.42. The van der Waals surface area contributed by atoms with Crippen LogP contribution in [0.15, 0.2) is 0 Å². The average Bonchev–Trinajstić information content (AvgIpc) is 2.43. The number of piperidine rings is 1. The summed E-state index contributed by atoms with van der Waals surface area (Å²) in [5, 5.41) is 0. The Bertz CT molecular complexity index is 342. The van der Waals surface area contributed by atoms with Gasteiger partial charge in [0.25, 0.3) is 0 Å². The van der Waals surface area contributed by atoms with Gasteiger partial charge in [0.1, 0.15) is 5.78 Å². The van der Waals surface area contributed by atoms with E-state index in [1.807, 2.05) is 13.8 Å². The molecule has 0 aromatic heterocycles. The van der Waals surface area contributed by atoms with Crippen molar-refractivity contribution >= 4 is 5.78 Å². The second-order valence-corrected chi connectivity index (χ2v) is 7.45. The minimum Gasteiger partial charge on any atom is -0.375 e. The zero-order chi connectivity index (χ0) is 16.1. The topological polar surface area (TPSA) is 38.8 Å². The lowest BCUT2D eigenvalue weighted by Crippen LogP contribution is -2.44. The van der Waals surface area contributed by atoms with Crippen molar-refractivity contribution in [3.05, 3.63) is 0 Å². The van der Waals surface area contributed by atoms with Gasteiger partial charge < -0.3 is 14.4 Å². The highest BCUT2D eigenvalue weighted by molar-refractivity contribution is 5.80. The molecule has 0 spiro atoms. The molecule has 1 saturated carbocycles. The summed E-state index contributed by atoms with van der Waals surface area (Å²) in [6.07, 6.45) is 6.55. The number of hydrogen-bond donors (Lipinski definition) is 0. The molecule has 2 aliphatic rings. The van der Waals surface area contributed by atoms with Crippen LogP contribution in [0.2, 0.25) is 0 Å². The molecule has 1 aliphatic carbocycles. The highest BCUT2D eigenvalue weighted by Gasteiger charge is 2.34. The third kappa shape index (κ3) is 5.64. The smallest absolute Gasteiger partial charge is 0.136 e. The molecule has 0 aromatic carbocycles. The van der Waals surface area contributed by atoms with Crippen molar-refractivity contribution in [1.82, 2.24) is 4.90 Å². The Hall–Kier alpha value is -0.450. The Kier molecular flexibility index (Phi) is 6.85. The van der Waals surface area contributed by atoms with E-state index in [9.17, 15) is 4.79 Å². The zero-order valence-corrected chi connectivity index (χ0v) is 14.7. The zero-order valence-electron chi connectivity index (χ0n) is 14.7. The van der Waals surface area contributed by atoms with E-state index < -0.39 is 0 Å². The van der Waals surface area contributed by atoms with Crippen LogP contribution in [0.3, 0.4) is 0 Å². The minimum atomic E-state index is 0.167. The van der Waals surface area contributed by atoms with E-state index in [1.54, 1.807) is 0 Å². The minimum absolute atomic E-state index is 0.167. The highest BCUT2D eigenvalue weighted by Crippen LogP contribution is 2.30. The summed E-state index contributed by atoms with van der Waals surface area (Å²) < 4.78 is 12.0. The summed E-state index contributed by atoms with van der Waals surface area (Å²) in [4.78, 5) is 14.1. The Morgan fingerprint density at radius 3 is 2.23 bits per heavy atom. The third-order valence-corrected chi connectivity index (χ3v) is 4.75. The van der Waals surface area contributed by atoms with Crippen LogP contribution < -0.4 is 0 Å². The van der Waals surface area contributed by atoms with E-state index in [1.165, 1.54) is 0 Å². The number of Topliss-reactive ketones (excluding diaryl/α,β-unsaturated/α-hetero) is 1. The van der Waals surface area contributed by atoms with Gasteiger partial charge in [-0.05, 0) is 39.5 Å². The molecular weight excluding hydrogens is 278 g/mol. The first-order valence-electron chi connectivity index (χ1n) is 9.00. The maximum atomic E-state index is 11.7. The number of rotatable bonds is 8. The molecule has 0 bridgehead atoms. The Labute approximate surface area is 135 Å². The number of likely N-dealkylation sites (tertiary alicyclic amines) is 1. The molecule has 0 amide bonds. The number of nitrogens with zero attached hydrogens (tertiary/aromatic N) is 1. The van der Waals surface area contributed by atoms with E-state index in [2.05, 4.69) is 18.7 Å². The van der Waals surface area contributed by atoms with Crippen molar-refractivity contribution < 1.29 is 14.3 Å².